The smallest absolute Gasteiger partial charge is 0.273 e. The van der Waals surface area contributed by atoms with E-state index in [0.29, 0.717) is 17.9 Å². The van der Waals surface area contributed by atoms with Crippen molar-refractivity contribution in [1.29, 1.82) is 0 Å². The second kappa shape index (κ2) is 5.41. The first-order valence-corrected chi connectivity index (χ1v) is 5.66. The fourth-order valence-corrected chi connectivity index (χ4v) is 1.76. The van der Waals surface area contributed by atoms with Crippen molar-refractivity contribution in [2.45, 2.75) is 52.0 Å². The molecule has 3 nitrogen and oxygen atoms in total. The van der Waals surface area contributed by atoms with Crippen LogP contribution in [-0.4, -0.2) is 35.3 Å². The average Bonchev–Trinajstić information content (AvgIpc) is 2.58. The van der Waals surface area contributed by atoms with Gasteiger partial charge in [-0.25, -0.2) is 0 Å². The highest BCUT2D eigenvalue weighted by molar-refractivity contribution is 5.57. The lowest BCUT2D eigenvalue weighted by Crippen LogP contribution is -2.47. The molecule has 0 aliphatic carbocycles. The Morgan fingerprint density at radius 3 is 2.44 bits per heavy atom. The summed E-state index contributed by atoms with van der Waals surface area (Å²) in [5.74, 6) is 0. The van der Waals surface area contributed by atoms with Gasteiger partial charge in [-0.1, -0.05) is 20.3 Å². The summed E-state index contributed by atoms with van der Waals surface area (Å²) >= 11 is 0. The predicted molar refractivity (Wildman–Crippen MR) is 56.7 cm³/mol. The van der Waals surface area contributed by atoms with E-state index in [4.69, 9.17) is 0 Å². The molecule has 0 aromatic carbocycles. The summed E-state index contributed by atoms with van der Waals surface area (Å²) in [5.41, 5.74) is 0. The van der Waals surface area contributed by atoms with Gasteiger partial charge in [0.1, 0.15) is 12.5 Å². The van der Waals surface area contributed by atoms with E-state index >= 15 is 0 Å². The summed E-state index contributed by atoms with van der Waals surface area (Å²) in [6, 6.07) is 0. The molecule has 0 spiro atoms. The first-order valence-electron chi connectivity index (χ1n) is 5.66. The van der Waals surface area contributed by atoms with Crippen LogP contribution in [-0.2, 0) is 0 Å². The van der Waals surface area contributed by atoms with Gasteiger partial charge in [0.15, 0.2) is 0 Å². The lowest BCUT2D eigenvalue weighted by molar-refractivity contribution is -0.235. The summed E-state index contributed by atoms with van der Waals surface area (Å²) in [6.07, 6.45) is -1.12. The molecule has 0 amide bonds. The molecule has 1 rings (SSSR count). The van der Waals surface area contributed by atoms with E-state index in [1.54, 1.807) is 0 Å². The molecule has 0 radical (unpaired) electrons. The first-order chi connectivity index (χ1) is 7.50. The number of nitrogens with zero attached hydrogens (tertiary/aromatic N) is 3. The normalized spacial score (nSPS) is 20.9. The predicted octanol–water partition coefficient (Wildman–Crippen LogP) is 2.99. The van der Waals surface area contributed by atoms with Gasteiger partial charge in [-0.15, -0.1) is 13.2 Å². The highest BCUT2D eigenvalue weighted by Gasteiger charge is 2.44. The number of halogens is 3. The lowest BCUT2D eigenvalue weighted by atomic mass is 10.2. The van der Waals surface area contributed by atoms with Crippen LogP contribution < -0.4 is 0 Å². The van der Waals surface area contributed by atoms with E-state index in [9.17, 15) is 13.2 Å². The number of unbranched alkanes of at least 4 members (excludes halogenated alkanes) is 1. The number of hydrogen-bond acceptors (Lipinski definition) is 3. The Morgan fingerprint density at radius 2 is 1.94 bits per heavy atom. The van der Waals surface area contributed by atoms with E-state index in [-0.39, 0.29) is 0 Å². The molecular formula is C10H18F3N3. The average molecular weight is 237 g/mol. The van der Waals surface area contributed by atoms with Crippen molar-refractivity contribution in [2.75, 3.05) is 6.54 Å². The second-order valence-corrected chi connectivity index (χ2v) is 3.89. The molecule has 1 heterocycles. The van der Waals surface area contributed by atoms with Crippen LogP contribution in [0.4, 0.5) is 13.2 Å². The zero-order valence-electron chi connectivity index (χ0n) is 9.67. The lowest BCUT2D eigenvalue weighted by Gasteiger charge is -2.31. The van der Waals surface area contributed by atoms with Crippen LogP contribution >= 0.6 is 0 Å². The monoisotopic (exact) mass is 237 g/mol. The highest BCUT2D eigenvalue weighted by atomic mass is 19.4. The van der Waals surface area contributed by atoms with Gasteiger partial charge in [0.25, 0.3) is 0 Å². The van der Waals surface area contributed by atoms with Gasteiger partial charge >= 0.3 is 6.30 Å². The molecule has 16 heavy (non-hydrogen) atoms. The number of hydrogen-bond donors (Lipinski definition) is 0. The number of alkyl halides is 3. The third-order valence-corrected chi connectivity index (χ3v) is 2.55. The van der Waals surface area contributed by atoms with Crippen LogP contribution in [0.15, 0.2) is 5.10 Å². The Hall–Kier alpha value is -0.940. The van der Waals surface area contributed by atoms with Gasteiger partial charge in [0.2, 0.25) is 0 Å². The third-order valence-electron chi connectivity index (χ3n) is 2.55. The van der Waals surface area contributed by atoms with Crippen LogP contribution in [0.25, 0.3) is 0 Å². The maximum atomic E-state index is 12.7. The van der Waals surface area contributed by atoms with Crippen LogP contribution in [0.2, 0.25) is 0 Å². The standard InChI is InChI=1S/C10H18F3N3/c1-3-5-6-9-15(10(11,12)13)8-14-16(9)7-4-2/h8-9H,3-7H2,1-2H3. The van der Waals surface area contributed by atoms with Crippen LogP contribution in [0.5, 0.6) is 0 Å². The van der Waals surface area contributed by atoms with Gasteiger partial charge < -0.3 is 0 Å². The van der Waals surface area contributed by atoms with Crippen molar-refractivity contribution in [3.63, 3.8) is 0 Å². The molecule has 0 aromatic heterocycles. The molecule has 1 aliphatic rings. The van der Waals surface area contributed by atoms with Crippen molar-refractivity contribution in [2.24, 2.45) is 5.10 Å². The van der Waals surface area contributed by atoms with Crippen molar-refractivity contribution in [3.05, 3.63) is 0 Å². The van der Waals surface area contributed by atoms with Crippen LogP contribution in [0.1, 0.15) is 39.5 Å². The summed E-state index contributed by atoms with van der Waals surface area (Å²) in [5, 5.41) is 5.35. The Bertz CT molecular complexity index is 240. The number of hydrazone groups is 1. The van der Waals surface area contributed by atoms with Crippen LogP contribution in [0, 0.1) is 0 Å². The van der Waals surface area contributed by atoms with Gasteiger partial charge in [0.05, 0.1) is 0 Å². The van der Waals surface area contributed by atoms with Crippen molar-refractivity contribution < 1.29 is 13.2 Å². The summed E-state index contributed by atoms with van der Waals surface area (Å²) < 4.78 is 38.0. The molecule has 1 atom stereocenters. The van der Waals surface area contributed by atoms with Gasteiger partial charge in [-0.3, -0.25) is 9.91 Å². The third kappa shape index (κ3) is 3.02. The van der Waals surface area contributed by atoms with E-state index in [1.807, 2.05) is 13.8 Å². The van der Waals surface area contributed by atoms with E-state index in [2.05, 4.69) is 5.10 Å². The minimum atomic E-state index is -4.33. The summed E-state index contributed by atoms with van der Waals surface area (Å²) in [6.45, 7) is 4.47. The minimum Gasteiger partial charge on any atom is -0.273 e. The van der Waals surface area contributed by atoms with Gasteiger partial charge in [0, 0.05) is 6.54 Å². The zero-order chi connectivity index (χ0) is 12.2. The molecular weight excluding hydrogens is 219 g/mol. The molecule has 1 aliphatic heterocycles. The van der Waals surface area contributed by atoms with Crippen LogP contribution in [0.3, 0.4) is 0 Å². The molecule has 0 N–H and O–H groups in total. The largest absolute Gasteiger partial charge is 0.487 e. The van der Waals surface area contributed by atoms with Crippen molar-refractivity contribution in [3.8, 4) is 0 Å². The molecule has 0 fully saturated rings. The molecule has 6 heteroatoms. The molecule has 0 aromatic rings. The van der Waals surface area contributed by atoms with E-state index in [0.717, 1.165) is 25.6 Å². The highest BCUT2D eigenvalue weighted by Crippen LogP contribution is 2.29. The van der Waals surface area contributed by atoms with Gasteiger partial charge in [-0.05, 0) is 19.3 Å². The van der Waals surface area contributed by atoms with E-state index in [1.165, 1.54) is 5.01 Å². The maximum Gasteiger partial charge on any atom is 0.487 e. The van der Waals surface area contributed by atoms with Crippen molar-refractivity contribution in [1.82, 2.24) is 9.91 Å². The maximum absolute atomic E-state index is 12.7. The molecule has 0 saturated heterocycles. The zero-order valence-corrected chi connectivity index (χ0v) is 9.67. The second-order valence-electron chi connectivity index (χ2n) is 3.89. The molecule has 0 saturated carbocycles. The SMILES string of the molecule is CCCCC1N(CCC)N=CN1C(F)(F)F. The Balaban J connectivity index is 2.67. The fraction of sp³-hybridized carbons (Fsp3) is 0.900. The number of rotatable bonds is 5. The Morgan fingerprint density at radius 1 is 1.25 bits per heavy atom. The van der Waals surface area contributed by atoms with Gasteiger partial charge in [-0.2, -0.15) is 5.10 Å². The molecule has 0 bridgehead atoms. The summed E-state index contributed by atoms with van der Waals surface area (Å²) in [7, 11) is 0. The van der Waals surface area contributed by atoms with E-state index < -0.39 is 12.5 Å². The molecule has 94 valence electrons. The minimum absolute atomic E-state index is 0.401. The first kappa shape index (κ1) is 13.1. The van der Waals surface area contributed by atoms with Crippen molar-refractivity contribution >= 4 is 6.34 Å². The Labute approximate surface area is 93.9 Å². The summed E-state index contributed by atoms with van der Waals surface area (Å²) in [4.78, 5) is 0.401. The Kier molecular flexibility index (Phi) is 4.44. The topological polar surface area (TPSA) is 18.8 Å². The fourth-order valence-electron chi connectivity index (χ4n) is 1.76. The quantitative estimate of drug-likeness (QED) is 0.684. The molecule has 1 unspecified atom stereocenters.